The van der Waals surface area contributed by atoms with E-state index in [9.17, 15) is 9.59 Å². The van der Waals surface area contributed by atoms with Gasteiger partial charge in [-0.05, 0) is 23.6 Å². The van der Waals surface area contributed by atoms with Crippen molar-refractivity contribution in [1.82, 2.24) is 5.32 Å². The summed E-state index contributed by atoms with van der Waals surface area (Å²) in [6.07, 6.45) is 0.286. The number of carbonyl (C=O) groups is 2. The lowest BCUT2D eigenvalue weighted by Crippen LogP contribution is -2.31. The van der Waals surface area contributed by atoms with E-state index in [-0.39, 0.29) is 18.1 Å². The van der Waals surface area contributed by atoms with E-state index in [0.717, 1.165) is 11.3 Å². The molecule has 0 saturated heterocycles. The first-order valence-corrected chi connectivity index (χ1v) is 5.97. The Hall–Kier alpha value is -1.84. The molecule has 1 amide bonds. The van der Waals surface area contributed by atoms with Crippen LogP contribution < -0.4 is 10.1 Å². The van der Waals surface area contributed by atoms with Crippen molar-refractivity contribution in [2.45, 2.75) is 26.8 Å². The number of hydrogen-bond donors (Lipinski definition) is 1. The SMILES string of the molecule is COc1ccc(CNC(=O)C(=O)CC(C)C)cc1. The third-order valence-corrected chi connectivity index (χ3v) is 2.46. The van der Waals surface area contributed by atoms with E-state index >= 15 is 0 Å². The highest BCUT2D eigenvalue weighted by Crippen LogP contribution is 2.11. The highest BCUT2D eigenvalue weighted by Gasteiger charge is 2.14. The quantitative estimate of drug-likeness (QED) is 0.784. The van der Waals surface area contributed by atoms with Crippen molar-refractivity contribution in [1.29, 1.82) is 0 Å². The molecule has 0 unspecified atom stereocenters. The smallest absolute Gasteiger partial charge is 0.287 e. The van der Waals surface area contributed by atoms with Crippen molar-refractivity contribution in [3.63, 3.8) is 0 Å². The summed E-state index contributed by atoms with van der Waals surface area (Å²) in [6.45, 7) is 4.18. The lowest BCUT2D eigenvalue weighted by atomic mass is 10.1. The molecule has 0 bridgehead atoms. The molecule has 4 heteroatoms. The zero-order valence-corrected chi connectivity index (χ0v) is 11.0. The number of rotatable bonds is 6. The Kier molecular flexibility index (Phi) is 5.36. The summed E-state index contributed by atoms with van der Waals surface area (Å²) in [5.74, 6) is 0.0863. The maximum atomic E-state index is 11.5. The fourth-order valence-corrected chi connectivity index (χ4v) is 1.49. The fourth-order valence-electron chi connectivity index (χ4n) is 1.49. The molecule has 1 aromatic rings. The van der Waals surface area contributed by atoms with Crippen LogP contribution in [0.2, 0.25) is 0 Å². The molecule has 98 valence electrons. The van der Waals surface area contributed by atoms with Gasteiger partial charge in [-0.15, -0.1) is 0 Å². The standard InChI is InChI=1S/C14H19NO3/c1-10(2)8-13(16)14(17)15-9-11-4-6-12(18-3)7-5-11/h4-7,10H,8-9H2,1-3H3,(H,15,17). The first-order chi connectivity index (χ1) is 8.52. The molecule has 0 atom stereocenters. The van der Waals surface area contributed by atoms with Gasteiger partial charge in [-0.3, -0.25) is 9.59 Å². The molecule has 0 spiro atoms. The largest absolute Gasteiger partial charge is 0.497 e. The Morgan fingerprint density at radius 3 is 2.33 bits per heavy atom. The van der Waals surface area contributed by atoms with E-state index in [4.69, 9.17) is 4.74 Å². The van der Waals surface area contributed by atoms with Gasteiger partial charge in [0.2, 0.25) is 5.78 Å². The zero-order chi connectivity index (χ0) is 13.5. The maximum Gasteiger partial charge on any atom is 0.287 e. The van der Waals surface area contributed by atoms with Gasteiger partial charge in [-0.25, -0.2) is 0 Å². The minimum Gasteiger partial charge on any atom is -0.497 e. The Morgan fingerprint density at radius 1 is 1.22 bits per heavy atom. The Labute approximate surface area is 107 Å². The number of hydrogen-bond acceptors (Lipinski definition) is 3. The summed E-state index contributed by atoms with van der Waals surface area (Å²) >= 11 is 0. The predicted molar refractivity (Wildman–Crippen MR) is 69.3 cm³/mol. The average molecular weight is 249 g/mol. The normalized spacial score (nSPS) is 10.2. The number of benzene rings is 1. The molecule has 1 rings (SSSR count). The highest BCUT2D eigenvalue weighted by molar-refractivity contribution is 6.36. The third-order valence-electron chi connectivity index (χ3n) is 2.46. The molecule has 0 aromatic heterocycles. The monoisotopic (exact) mass is 249 g/mol. The average Bonchev–Trinajstić information content (AvgIpc) is 2.35. The lowest BCUT2D eigenvalue weighted by Gasteiger charge is -2.06. The van der Waals surface area contributed by atoms with Crippen LogP contribution in [0.1, 0.15) is 25.8 Å². The van der Waals surface area contributed by atoms with Crippen LogP contribution in [0.4, 0.5) is 0 Å². The summed E-state index contributed by atoms with van der Waals surface area (Å²) in [6, 6.07) is 7.34. The molecule has 0 fully saturated rings. The fraction of sp³-hybridized carbons (Fsp3) is 0.429. The van der Waals surface area contributed by atoms with Gasteiger partial charge in [0.05, 0.1) is 7.11 Å². The van der Waals surface area contributed by atoms with E-state index in [1.165, 1.54) is 0 Å². The molecule has 1 aromatic carbocycles. The van der Waals surface area contributed by atoms with Crippen molar-refractivity contribution in [3.05, 3.63) is 29.8 Å². The minimum atomic E-state index is -0.514. The second-order valence-electron chi connectivity index (χ2n) is 4.55. The molecule has 0 aliphatic rings. The second kappa shape index (κ2) is 6.79. The summed E-state index contributed by atoms with van der Waals surface area (Å²) in [5, 5.41) is 2.61. The van der Waals surface area contributed by atoms with Crippen LogP contribution in [0, 0.1) is 5.92 Å². The summed E-state index contributed by atoms with van der Waals surface area (Å²) in [7, 11) is 1.60. The van der Waals surface area contributed by atoms with Crippen LogP contribution in [0.3, 0.4) is 0 Å². The van der Waals surface area contributed by atoms with Crippen molar-refractivity contribution in [3.8, 4) is 5.75 Å². The molecular weight excluding hydrogens is 230 g/mol. The molecule has 4 nitrogen and oxygen atoms in total. The summed E-state index contributed by atoms with van der Waals surface area (Å²) in [4.78, 5) is 22.9. The molecule has 0 aliphatic heterocycles. The summed E-state index contributed by atoms with van der Waals surface area (Å²) < 4.78 is 5.04. The van der Waals surface area contributed by atoms with Gasteiger partial charge >= 0.3 is 0 Å². The predicted octanol–water partition coefficient (Wildman–Crippen LogP) is 1.93. The van der Waals surface area contributed by atoms with Gasteiger partial charge in [0.1, 0.15) is 5.75 Å². The minimum absolute atomic E-state index is 0.198. The number of ether oxygens (including phenoxy) is 1. The Bertz CT molecular complexity index is 410. The maximum absolute atomic E-state index is 11.5. The van der Waals surface area contributed by atoms with Gasteiger partial charge < -0.3 is 10.1 Å². The van der Waals surface area contributed by atoms with Crippen LogP contribution in [0.25, 0.3) is 0 Å². The van der Waals surface area contributed by atoms with E-state index in [1.54, 1.807) is 7.11 Å². The zero-order valence-electron chi connectivity index (χ0n) is 11.0. The van der Waals surface area contributed by atoms with Crippen molar-refractivity contribution in [2.24, 2.45) is 5.92 Å². The van der Waals surface area contributed by atoms with Gasteiger partial charge in [0.15, 0.2) is 0 Å². The van der Waals surface area contributed by atoms with Crippen molar-refractivity contribution in [2.75, 3.05) is 7.11 Å². The highest BCUT2D eigenvalue weighted by atomic mass is 16.5. The third kappa shape index (κ3) is 4.57. The van der Waals surface area contributed by atoms with Crippen LogP contribution in [0.15, 0.2) is 24.3 Å². The number of carbonyl (C=O) groups excluding carboxylic acids is 2. The molecule has 0 saturated carbocycles. The van der Waals surface area contributed by atoms with E-state index in [2.05, 4.69) is 5.32 Å². The van der Waals surface area contributed by atoms with Gasteiger partial charge in [-0.1, -0.05) is 26.0 Å². The Morgan fingerprint density at radius 2 is 1.83 bits per heavy atom. The first kappa shape index (κ1) is 14.2. The van der Waals surface area contributed by atoms with Crippen molar-refractivity contribution < 1.29 is 14.3 Å². The molecule has 18 heavy (non-hydrogen) atoms. The van der Waals surface area contributed by atoms with Crippen LogP contribution in [-0.4, -0.2) is 18.8 Å². The van der Waals surface area contributed by atoms with Crippen LogP contribution in [0.5, 0.6) is 5.75 Å². The van der Waals surface area contributed by atoms with Crippen LogP contribution >= 0.6 is 0 Å². The number of Topliss-reactive ketones (excluding diaryl/α,β-unsaturated/α-hetero) is 1. The van der Waals surface area contributed by atoms with Gasteiger partial charge in [0, 0.05) is 13.0 Å². The lowest BCUT2D eigenvalue weighted by molar-refractivity contribution is -0.138. The molecule has 1 N–H and O–H groups in total. The van der Waals surface area contributed by atoms with Crippen LogP contribution in [-0.2, 0) is 16.1 Å². The molecule has 0 aliphatic carbocycles. The van der Waals surface area contributed by atoms with E-state index in [0.29, 0.717) is 6.54 Å². The number of methoxy groups -OCH3 is 1. The van der Waals surface area contributed by atoms with Gasteiger partial charge in [-0.2, -0.15) is 0 Å². The van der Waals surface area contributed by atoms with Gasteiger partial charge in [0.25, 0.3) is 5.91 Å². The van der Waals surface area contributed by atoms with E-state index < -0.39 is 5.91 Å². The van der Waals surface area contributed by atoms with Crippen molar-refractivity contribution >= 4 is 11.7 Å². The Balaban J connectivity index is 2.44. The number of amides is 1. The number of ketones is 1. The summed E-state index contributed by atoms with van der Waals surface area (Å²) in [5.41, 5.74) is 0.932. The first-order valence-electron chi connectivity index (χ1n) is 5.97. The second-order valence-corrected chi connectivity index (χ2v) is 4.55. The molecule has 0 heterocycles. The topological polar surface area (TPSA) is 55.4 Å². The molecular formula is C14H19NO3. The molecule has 0 radical (unpaired) electrons. The van der Waals surface area contributed by atoms with E-state index in [1.807, 2.05) is 38.1 Å². The number of nitrogens with one attached hydrogen (secondary N) is 1.